The molecule has 3 aliphatic carbocycles. The standard InChI is InChI=1S/2C26H35N5O3S.C25H35N5O3S.C24H35N5O3S/c1-14-11-20(29-15(2)16-5-6-16)27-12-19(14)22-21(25(33)31-17-7-8-18(31)10-9-17)30-24(35-22)23(32)28-13-26(3,4)34;1-15-12-20(29-16-6-4-5-7-16)27-13-19(15)22-21(25(33)31-17-8-9-18(31)11-10-17)30-24(35-22)23(32)28-14-26(2,3)34;1-14-11-19(28-16(3)17-8-9-17)26-12-18(14)21-20(24(32)30-10-6-7-15(30)2)29-23(34-21)22(31)27-13-25(4,5)33;1-14(2)27-18-11-15(3)17(12-25-18)20-19(23(31)29-10-8-7-9-16(29)4)28-22(33-20)21(30)26-13-24(5,6)32/h11-12,15-18,34H,5-10,13H2,1-4H3,(H,27,29)(H,28,32);12-13,16-18,34H,4-11,14H2,1-3H3,(H,27,29)(H,28,32);11-12,15-17,33H,6-10,13H2,1-5H3,(H,26,28)(H,27,31);11-12,14,16,32H,7-10,13H2,1-6H3,(H,25,27)(H,26,30)/t15-,17?,18?;;15-,16+;16-/m0.00/s1. The quantitative estimate of drug-likeness (QED) is 0.0199. The summed E-state index contributed by atoms with van der Waals surface area (Å²) in [5.41, 5.74) is 4.23. The molecule has 8 amide bonds. The summed E-state index contributed by atoms with van der Waals surface area (Å²) in [4.78, 5) is 153. The predicted octanol–water partition coefficient (Wildman–Crippen LogP) is 15.8. The third-order valence-corrected chi connectivity index (χ3v) is 31.4. The monoisotopic (exact) mass is 1950 g/mol. The summed E-state index contributed by atoms with van der Waals surface area (Å²) in [5.74, 6) is 2.61. The number of hydrogen-bond donors (Lipinski definition) is 12. The van der Waals surface area contributed by atoms with Crippen molar-refractivity contribution in [2.75, 3.05) is 60.5 Å². The first-order valence-corrected chi connectivity index (χ1v) is 52.3. The molecule has 0 spiro atoms. The number of likely N-dealkylation sites (tertiary alicyclic amines) is 2. The van der Waals surface area contributed by atoms with E-state index in [1.54, 1.807) is 80.2 Å². The largest absolute Gasteiger partial charge is 0.389 e. The van der Waals surface area contributed by atoms with E-state index in [1.165, 1.54) is 83.9 Å². The average molecular weight is 1950 g/mol. The molecule has 4 bridgehead atoms. The van der Waals surface area contributed by atoms with Crippen LogP contribution >= 0.6 is 45.3 Å². The van der Waals surface area contributed by atoms with Crippen LogP contribution in [-0.2, 0) is 0 Å². The summed E-state index contributed by atoms with van der Waals surface area (Å²) in [6, 6.07) is 10.8. The van der Waals surface area contributed by atoms with Crippen molar-refractivity contribution in [2.24, 2.45) is 11.8 Å². The van der Waals surface area contributed by atoms with Gasteiger partial charge in [-0.15, -0.1) is 45.3 Å². The Labute approximate surface area is 820 Å². The lowest BCUT2D eigenvalue weighted by atomic mass is 10.0. The second-order valence-corrected chi connectivity index (χ2v) is 45.9. The molecular weight excluding hydrogens is 1810 g/mol. The van der Waals surface area contributed by atoms with Crippen LogP contribution in [0.15, 0.2) is 49.1 Å². The molecule has 14 heterocycles. The Morgan fingerprint density at radius 1 is 0.365 bits per heavy atom. The lowest BCUT2D eigenvalue weighted by Crippen LogP contribution is -2.42. The van der Waals surface area contributed by atoms with E-state index in [0.29, 0.717) is 79.6 Å². The smallest absolute Gasteiger partial charge is 0.280 e. The van der Waals surface area contributed by atoms with E-state index in [4.69, 9.17) is 0 Å². The molecular formula is C101H140N20O12S4. The number of thiazole rings is 4. The van der Waals surface area contributed by atoms with E-state index in [2.05, 4.69) is 103 Å². The van der Waals surface area contributed by atoms with Gasteiger partial charge in [-0.05, 0) is 305 Å². The highest BCUT2D eigenvalue weighted by Crippen LogP contribution is 2.46. The van der Waals surface area contributed by atoms with Crippen LogP contribution in [0.1, 0.15) is 335 Å². The van der Waals surface area contributed by atoms with Crippen molar-refractivity contribution >= 4 is 116 Å². The number of fused-ring (bicyclic) bond motifs is 4. The molecule has 8 aromatic rings. The van der Waals surface area contributed by atoms with E-state index in [1.807, 2.05) is 92.3 Å². The van der Waals surface area contributed by atoms with Gasteiger partial charge in [0.2, 0.25) is 0 Å². The van der Waals surface area contributed by atoms with Crippen molar-refractivity contribution in [3.05, 3.63) is 114 Å². The summed E-state index contributed by atoms with van der Waals surface area (Å²) < 4.78 is 0. The van der Waals surface area contributed by atoms with Crippen LogP contribution in [0.25, 0.3) is 41.8 Å². The third kappa shape index (κ3) is 26.2. The van der Waals surface area contributed by atoms with Gasteiger partial charge in [0.05, 0.1) is 41.9 Å². The average Bonchev–Trinajstić information content (AvgIpc) is 1.55. The van der Waals surface area contributed by atoms with Crippen molar-refractivity contribution in [1.82, 2.24) is 80.7 Å². The third-order valence-electron chi connectivity index (χ3n) is 27.0. The fraction of sp³-hybridized carbons (Fsp3) is 0.604. The van der Waals surface area contributed by atoms with Crippen LogP contribution in [-0.4, -0.2) is 249 Å². The number of aliphatic hydroxyl groups is 4. The van der Waals surface area contributed by atoms with E-state index in [-0.39, 0.29) is 130 Å². The van der Waals surface area contributed by atoms with E-state index in [9.17, 15) is 58.8 Å². The van der Waals surface area contributed by atoms with Gasteiger partial charge in [0, 0.05) is 147 Å². The molecule has 137 heavy (non-hydrogen) atoms. The maximum absolute atomic E-state index is 13.7. The molecule has 32 nitrogen and oxygen atoms in total. The Hall–Kier alpha value is -10.1. The number of pyridine rings is 4. The first-order chi connectivity index (χ1) is 64.8. The molecule has 740 valence electrons. The summed E-state index contributed by atoms with van der Waals surface area (Å²) in [6.07, 6.45) is 30.2. The summed E-state index contributed by atoms with van der Waals surface area (Å²) in [6.45, 7) is 35.3. The fourth-order valence-electron chi connectivity index (χ4n) is 19.1. The van der Waals surface area contributed by atoms with Gasteiger partial charge >= 0.3 is 0 Å². The molecule has 12 N–H and O–H groups in total. The van der Waals surface area contributed by atoms with Crippen LogP contribution in [0.4, 0.5) is 23.3 Å². The Bertz CT molecular complexity index is 5510. The number of aryl methyl sites for hydroxylation is 4. The molecule has 0 radical (unpaired) electrons. The lowest BCUT2D eigenvalue weighted by molar-refractivity contribution is 0.0628. The maximum atomic E-state index is 13.7. The van der Waals surface area contributed by atoms with E-state index in [0.717, 1.165) is 164 Å². The van der Waals surface area contributed by atoms with Gasteiger partial charge in [0.25, 0.3) is 47.3 Å². The van der Waals surface area contributed by atoms with Crippen molar-refractivity contribution in [3.8, 4) is 41.8 Å². The summed E-state index contributed by atoms with van der Waals surface area (Å²) in [7, 11) is 0. The second-order valence-electron chi connectivity index (χ2n) is 42.0. The van der Waals surface area contributed by atoms with Crippen molar-refractivity contribution < 1.29 is 58.8 Å². The van der Waals surface area contributed by atoms with E-state index < -0.39 is 34.2 Å². The summed E-state index contributed by atoms with van der Waals surface area (Å²) in [5, 5.41) is 65.5. The van der Waals surface area contributed by atoms with Crippen LogP contribution in [0, 0.1) is 39.5 Å². The minimum absolute atomic E-state index is 0.0866. The van der Waals surface area contributed by atoms with Gasteiger partial charge in [0.15, 0.2) is 20.0 Å². The molecule has 4 atom stereocenters. The number of hydrogen-bond acceptors (Lipinski definition) is 28. The van der Waals surface area contributed by atoms with E-state index >= 15 is 0 Å². The molecule has 6 saturated heterocycles. The first-order valence-electron chi connectivity index (χ1n) is 49.1. The van der Waals surface area contributed by atoms with Crippen molar-refractivity contribution in [2.45, 2.75) is 342 Å². The highest BCUT2D eigenvalue weighted by molar-refractivity contribution is 7.18. The van der Waals surface area contributed by atoms with Crippen LogP contribution < -0.4 is 42.5 Å². The lowest BCUT2D eigenvalue weighted by Gasteiger charge is -2.33. The van der Waals surface area contributed by atoms with Gasteiger partial charge in [-0.2, -0.15) is 0 Å². The van der Waals surface area contributed by atoms with Gasteiger partial charge in [-0.1, -0.05) is 12.8 Å². The number of carbonyl (C=O) groups is 8. The zero-order valence-corrected chi connectivity index (χ0v) is 86.0. The normalized spacial score (nSPS) is 20.2. The first kappa shape index (κ1) is 103. The zero-order chi connectivity index (χ0) is 98.6. The minimum Gasteiger partial charge on any atom is -0.389 e. The molecule has 3 saturated carbocycles. The predicted molar refractivity (Wildman–Crippen MR) is 540 cm³/mol. The van der Waals surface area contributed by atoms with Crippen LogP contribution in [0.3, 0.4) is 0 Å². The number of piperidine rings is 1. The number of rotatable bonds is 30. The van der Waals surface area contributed by atoms with Crippen molar-refractivity contribution in [1.29, 1.82) is 0 Å². The van der Waals surface area contributed by atoms with Gasteiger partial charge in [-0.3, -0.25) is 38.4 Å². The summed E-state index contributed by atoms with van der Waals surface area (Å²) >= 11 is 4.82. The Morgan fingerprint density at radius 2 is 0.635 bits per heavy atom. The molecule has 9 aliphatic rings. The Morgan fingerprint density at radius 3 is 0.905 bits per heavy atom. The minimum atomic E-state index is -1.04. The molecule has 8 aromatic heterocycles. The van der Waals surface area contributed by atoms with Gasteiger partial charge < -0.3 is 82.6 Å². The number of nitrogens with zero attached hydrogens (tertiary/aromatic N) is 12. The molecule has 6 aliphatic heterocycles. The number of nitrogens with one attached hydrogen (secondary N) is 8. The number of amides is 8. The number of aromatic nitrogens is 8. The molecule has 9 fully saturated rings. The zero-order valence-electron chi connectivity index (χ0n) is 82.7. The Balaban J connectivity index is 0.000000146. The highest BCUT2D eigenvalue weighted by atomic mass is 32.1. The topological polar surface area (TPSA) is 430 Å². The van der Waals surface area contributed by atoms with Crippen LogP contribution in [0.5, 0.6) is 0 Å². The Kier molecular flexibility index (Phi) is 32.5. The van der Waals surface area contributed by atoms with Crippen molar-refractivity contribution in [3.63, 3.8) is 0 Å². The number of anilines is 4. The molecule has 0 unspecified atom stereocenters. The highest BCUT2D eigenvalue weighted by Gasteiger charge is 2.47. The maximum Gasteiger partial charge on any atom is 0.280 e. The second kappa shape index (κ2) is 43.3. The molecule has 36 heteroatoms. The van der Waals surface area contributed by atoms with Gasteiger partial charge in [-0.25, -0.2) is 39.9 Å². The molecule has 17 rings (SSSR count). The fourth-order valence-corrected chi connectivity index (χ4v) is 23.3. The van der Waals surface area contributed by atoms with Gasteiger partial charge in [0.1, 0.15) is 46.0 Å². The molecule has 0 aromatic carbocycles. The van der Waals surface area contributed by atoms with Crippen LogP contribution in [0.2, 0.25) is 0 Å². The SMILES string of the molecule is Cc1cc(NC(C)C)ncc1-c1sc(C(=O)NCC(C)(C)O)nc1C(=O)N1CCCC[C@@H]1C.Cc1cc(NC2CCCC2)ncc1-c1sc(C(=O)NCC(C)(C)O)nc1C(=O)N1C2CCC1CC2.Cc1cc(N[C@@H](C)C2CC2)ncc1-c1sc(C(=O)NCC(C)(C)O)nc1C(=O)N1C2CCC1CC2.Cc1cc(N[C@H](C)C2CC2)ncc1-c1sc(C(=O)NCC(C)(C)O)nc1C(=O)N1CCC[C@@H]1C. The number of carbonyl (C=O) groups excluding carboxylic acids is 8.